The van der Waals surface area contributed by atoms with Gasteiger partial charge in [0.15, 0.2) is 0 Å². The molecule has 126 valence electrons. The Labute approximate surface area is 131 Å². The van der Waals surface area contributed by atoms with Crippen molar-refractivity contribution in [1.29, 1.82) is 0 Å². The fourth-order valence-corrected chi connectivity index (χ4v) is 2.89. The minimum Gasteiger partial charge on any atom is -0.481 e. The van der Waals surface area contributed by atoms with E-state index in [4.69, 9.17) is 15.8 Å². The standard InChI is InChI=1S/C14H27BN2O5/c1-3-9(2)12(16)13(18)17-7-10(5-4-6-15(21)22)11(8-17)14(19)20/h9-12,21-22H,3-8,16H2,1-2H3,(H,19,20)/t9-,10?,11?,12-/m0/s1. The number of likely N-dealkylation sites (tertiary alicyclic amines) is 1. The van der Waals surface area contributed by atoms with Crippen LogP contribution < -0.4 is 5.73 Å². The van der Waals surface area contributed by atoms with Gasteiger partial charge in [-0.2, -0.15) is 0 Å². The number of aliphatic carboxylic acids is 1. The molecule has 1 saturated heterocycles. The maximum atomic E-state index is 12.4. The van der Waals surface area contributed by atoms with E-state index in [0.29, 0.717) is 19.4 Å². The number of hydrogen-bond acceptors (Lipinski definition) is 5. The van der Waals surface area contributed by atoms with E-state index in [1.54, 1.807) is 4.90 Å². The predicted molar refractivity (Wildman–Crippen MR) is 82.9 cm³/mol. The van der Waals surface area contributed by atoms with Gasteiger partial charge in [0.2, 0.25) is 5.91 Å². The largest absolute Gasteiger partial charge is 0.481 e. The van der Waals surface area contributed by atoms with Crippen molar-refractivity contribution in [3.63, 3.8) is 0 Å². The number of rotatable bonds is 8. The van der Waals surface area contributed by atoms with E-state index in [2.05, 4.69) is 0 Å². The molecule has 2 unspecified atom stereocenters. The lowest BCUT2D eigenvalue weighted by Crippen LogP contribution is -2.46. The van der Waals surface area contributed by atoms with Gasteiger partial charge in [0.25, 0.3) is 0 Å². The van der Waals surface area contributed by atoms with Crippen molar-refractivity contribution >= 4 is 19.0 Å². The molecule has 1 heterocycles. The molecule has 0 aromatic rings. The van der Waals surface area contributed by atoms with Crippen LogP contribution in [-0.4, -0.2) is 58.2 Å². The molecule has 0 aliphatic carbocycles. The van der Waals surface area contributed by atoms with Crippen LogP contribution in [0.1, 0.15) is 33.1 Å². The lowest BCUT2D eigenvalue weighted by Gasteiger charge is -2.24. The molecular formula is C14H27BN2O5. The molecule has 7 nitrogen and oxygen atoms in total. The molecule has 5 N–H and O–H groups in total. The third-order valence-electron chi connectivity index (χ3n) is 4.65. The SMILES string of the molecule is CC[C@H](C)[C@H](N)C(=O)N1CC(CCCB(O)O)C(C(=O)O)C1. The smallest absolute Gasteiger partial charge is 0.451 e. The molecule has 0 aromatic heterocycles. The zero-order valence-electron chi connectivity index (χ0n) is 13.3. The van der Waals surface area contributed by atoms with E-state index in [0.717, 1.165) is 6.42 Å². The topological polar surface area (TPSA) is 124 Å². The Morgan fingerprint density at radius 1 is 1.36 bits per heavy atom. The van der Waals surface area contributed by atoms with Crippen LogP contribution in [0.2, 0.25) is 6.32 Å². The summed E-state index contributed by atoms with van der Waals surface area (Å²) in [5.41, 5.74) is 5.95. The van der Waals surface area contributed by atoms with Gasteiger partial charge >= 0.3 is 13.1 Å². The summed E-state index contributed by atoms with van der Waals surface area (Å²) in [4.78, 5) is 25.3. The Hall–Kier alpha value is -1.12. The molecule has 1 fully saturated rings. The Kier molecular flexibility index (Phi) is 7.31. The lowest BCUT2D eigenvalue weighted by atomic mass is 9.80. The van der Waals surface area contributed by atoms with Gasteiger partial charge in [-0.05, 0) is 24.6 Å². The molecule has 0 aromatic carbocycles. The van der Waals surface area contributed by atoms with Crippen molar-refractivity contribution in [3.05, 3.63) is 0 Å². The van der Waals surface area contributed by atoms with Gasteiger partial charge in [-0.1, -0.05) is 26.7 Å². The zero-order valence-corrected chi connectivity index (χ0v) is 13.3. The highest BCUT2D eigenvalue weighted by Crippen LogP contribution is 2.29. The number of carboxylic acids is 1. The quantitative estimate of drug-likeness (QED) is 0.459. The van der Waals surface area contributed by atoms with Crippen LogP contribution in [-0.2, 0) is 9.59 Å². The van der Waals surface area contributed by atoms with E-state index < -0.39 is 25.0 Å². The van der Waals surface area contributed by atoms with E-state index in [-0.39, 0.29) is 30.6 Å². The third-order valence-corrected chi connectivity index (χ3v) is 4.65. The summed E-state index contributed by atoms with van der Waals surface area (Å²) in [5, 5.41) is 27.0. The number of nitrogens with zero attached hydrogens (tertiary/aromatic N) is 1. The van der Waals surface area contributed by atoms with Crippen molar-refractivity contribution in [2.45, 2.75) is 45.5 Å². The van der Waals surface area contributed by atoms with Crippen LogP contribution in [0, 0.1) is 17.8 Å². The highest BCUT2D eigenvalue weighted by Gasteiger charge is 2.40. The Balaban J connectivity index is 2.65. The first kappa shape index (κ1) is 18.9. The van der Waals surface area contributed by atoms with E-state index in [9.17, 15) is 14.7 Å². The maximum Gasteiger partial charge on any atom is 0.451 e. The summed E-state index contributed by atoms with van der Waals surface area (Å²) in [6, 6.07) is -0.600. The molecule has 0 bridgehead atoms. The average Bonchev–Trinajstić information content (AvgIpc) is 2.88. The molecule has 0 saturated carbocycles. The summed E-state index contributed by atoms with van der Waals surface area (Å²) < 4.78 is 0. The summed E-state index contributed by atoms with van der Waals surface area (Å²) >= 11 is 0. The number of hydrogen-bond donors (Lipinski definition) is 4. The maximum absolute atomic E-state index is 12.4. The number of carboxylic acid groups (broad SMARTS) is 1. The molecular weight excluding hydrogens is 287 g/mol. The molecule has 4 atom stereocenters. The fourth-order valence-electron chi connectivity index (χ4n) is 2.89. The van der Waals surface area contributed by atoms with Crippen molar-refractivity contribution in [2.24, 2.45) is 23.5 Å². The zero-order chi connectivity index (χ0) is 16.9. The molecule has 0 radical (unpaired) electrons. The predicted octanol–water partition coefficient (Wildman–Crippen LogP) is -0.228. The molecule has 1 rings (SSSR count). The molecule has 1 amide bonds. The van der Waals surface area contributed by atoms with Crippen molar-refractivity contribution in [3.8, 4) is 0 Å². The number of nitrogens with two attached hydrogens (primary N) is 1. The van der Waals surface area contributed by atoms with Gasteiger partial charge in [0.1, 0.15) is 0 Å². The van der Waals surface area contributed by atoms with Crippen molar-refractivity contribution in [1.82, 2.24) is 4.90 Å². The minimum atomic E-state index is -1.37. The van der Waals surface area contributed by atoms with Crippen LogP contribution in [0.5, 0.6) is 0 Å². The van der Waals surface area contributed by atoms with E-state index in [1.807, 2.05) is 13.8 Å². The number of carbonyl (C=O) groups is 2. The van der Waals surface area contributed by atoms with Gasteiger partial charge < -0.3 is 25.8 Å². The summed E-state index contributed by atoms with van der Waals surface area (Å²) in [6.45, 7) is 4.43. The Bertz CT molecular complexity index is 393. The second kappa shape index (κ2) is 8.50. The number of amides is 1. The molecule has 1 aliphatic heterocycles. The van der Waals surface area contributed by atoms with Crippen LogP contribution in [0.15, 0.2) is 0 Å². The first-order chi connectivity index (χ1) is 10.3. The third kappa shape index (κ3) is 4.96. The second-order valence-electron chi connectivity index (χ2n) is 6.27. The highest BCUT2D eigenvalue weighted by molar-refractivity contribution is 6.40. The monoisotopic (exact) mass is 314 g/mol. The summed E-state index contributed by atoms with van der Waals surface area (Å²) in [5.74, 6) is -1.82. The summed E-state index contributed by atoms with van der Waals surface area (Å²) in [7, 11) is -1.37. The fraction of sp³-hybridized carbons (Fsp3) is 0.857. The van der Waals surface area contributed by atoms with E-state index in [1.165, 1.54) is 0 Å². The molecule has 22 heavy (non-hydrogen) atoms. The normalized spacial score (nSPS) is 24.1. The van der Waals surface area contributed by atoms with E-state index >= 15 is 0 Å². The number of carbonyl (C=O) groups excluding carboxylic acids is 1. The van der Waals surface area contributed by atoms with Crippen molar-refractivity contribution < 1.29 is 24.7 Å². The Morgan fingerprint density at radius 2 is 2.00 bits per heavy atom. The average molecular weight is 314 g/mol. The van der Waals surface area contributed by atoms with Gasteiger partial charge in [0.05, 0.1) is 12.0 Å². The van der Waals surface area contributed by atoms with Crippen LogP contribution in [0.4, 0.5) is 0 Å². The molecule has 1 aliphatic rings. The first-order valence-corrected chi connectivity index (χ1v) is 7.91. The minimum absolute atomic E-state index is 0.0550. The highest BCUT2D eigenvalue weighted by atomic mass is 16.4. The first-order valence-electron chi connectivity index (χ1n) is 7.91. The second-order valence-corrected chi connectivity index (χ2v) is 6.27. The van der Waals surface area contributed by atoms with Crippen LogP contribution >= 0.6 is 0 Å². The Morgan fingerprint density at radius 3 is 2.50 bits per heavy atom. The van der Waals surface area contributed by atoms with Gasteiger partial charge in [-0.25, -0.2) is 0 Å². The molecule has 0 spiro atoms. The molecule has 8 heteroatoms. The van der Waals surface area contributed by atoms with Gasteiger partial charge in [-0.3, -0.25) is 9.59 Å². The van der Waals surface area contributed by atoms with Crippen LogP contribution in [0.25, 0.3) is 0 Å². The van der Waals surface area contributed by atoms with Gasteiger partial charge in [0, 0.05) is 13.1 Å². The van der Waals surface area contributed by atoms with Crippen molar-refractivity contribution in [2.75, 3.05) is 13.1 Å². The lowest BCUT2D eigenvalue weighted by molar-refractivity contribution is -0.142. The summed E-state index contributed by atoms with van der Waals surface area (Å²) in [6.07, 6.45) is 2.08. The van der Waals surface area contributed by atoms with Crippen LogP contribution in [0.3, 0.4) is 0 Å². The van der Waals surface area contributed by atoms with Gasteiger partial charge in [-0.15, -0.1) is 0 Å².